The van der Waals surface area contributed by atoms with E-state index in [-0.39, 0.29) is 12.2 Å². The average Bonchev–Trinajstić information content (AvgIpc) is 2.41. The molecular weight excluding hydrogens is 279 g/mol. The minimum Gasteiger partial charge on any atom is -0.373 e. The second-order valence-corrected chi connectivity index (χ2v) is 6.31. The van der Waals surface area contributed by atoms with Gasteiger partial charge in [-0.15, -0.1) is 0 Å². The summed E-state index contributed by atoms with van der Waals surface area (Å²) in [5.74, 6) is 0.723. The Hall–Kier alpha value is -0.290. The summed E-state index contributed by atoms with van der Waals surface area (Å²) >= 11 is 0. The standard InChI is InChI=1S/C16H30F3NO/c1-3-5-14-6-8-15(9-7-14,13-20-11-4-2)21-12-10-16(17,18)19/h14,20H,3-13H2,1-2H3. The van der Waals surface area contributed by atoms with Crippen LogP contribution < -0.4 is 5.32 Å². The third-order valence-electron chi connectivity index (χ3n) is 4.38. The molecule has 1 aliphatic rings. The van der Waals surface area contributed by atoms with E-state index >= 15 is 0 Å². The number of nitrogens with one attached hydrogen (secondary N) is 1. The first-order valence-corrected chi connectivity index (χ1v) is 8.32. The van der Waals surface area contributed by atoms with Crippen LogP contribution in [0.1, 0.15) is 65.2 Å². The van der Waals surface area contributed by atoms with Gasteiger partial charge in [0.2, 0.25) is 0 Å². The number of ether oxygens (including phenoxy) is 1. The molecule has 126 valence electrons. The lowest BCUT2D eigenvalue weighted by Gasteiger charge is -2.40. The fraction of sp³-hybridized carbons (Fsp3) is 1.00. The fourth-order valence-corrected chi connectivity index (χ4v) is 3.15. The van der Waals surface area contributed by atoms with Crippen molar-refractivity contribution < 1.29 is 17.9 Å². The highest BCUT2D eigenvalue weighted by molar-refractivity contribution is 4.89. The normalized spacial score (nSPS) is 27.0. The zero-order valence-corrected chi connectivity index (χ0v) is 13.4. The van der Waals surface area contributed by atoms with Gasteiger partial charge in [-0.1, -0.05) is 26.7 Å². The van der Waals surface area contributed by atoms with Crippen LogP contribution in [-0.4, -0.2) is 31.5 Å². The zero-order valence-electron chi connectivity index (χ0n) is 13.4. The highest BCUT2D eigenvalue weighted by Gasteiger charge is 2.37. The second kappa shape index (κ2) is 8.99. The van der Waals surface area contributed by atoms with Gasteiger partial charge in [0, 0.05) is 6.54 Å². The summed E-state index contributed by atoms with van der Waals surface area (Å²) < 4.78 is 42.7. The van der Waals surface area contributed by atoms with Gasteiger partial charge in [-0.05, 0) is 44.6 Å². The van der Waals surface area contributed by atoms with E-state index in [1.807, 2.05) is 0 Å². The average molecular weight is 309 g/mol. The summed E-state index contributed by atoms with van der Waals surface area (Å²) in [4.78, 5) is 0. The predicted molar refractivity (Wildman–Crippen MR) is 79.4 cm³/mol. The van der Waals surface area contributed by atoms with E-state index in [9.17, 15) is 13.2 Å². The Morgan fingerprint density at radius 2 is 1.81 bits per heavy atom. The molecule has 21 heavy (non-hydrogen) atoms. The molecule has 2 nitrogen and oxygen atoms in total. The first-order chi connectivity index (χ1) is 9.91. The van der Waals surface area contributed by atoms with Crippen molar-refractivity contribution in [2.24, 2.45) is 5.92 Å². The molecule has 0 atom stereocenters. The van der Waals surface area contributed by atoms with Crippen LogP contribution in [0, 0.1) is 5.92 Å². The van der Waals surface area contributed by atoms with Gasteiger partial charge < -0.3 is 10.1 Å². The van der Waals surface area contributed by atoms with Crippen molar-refractivity contribution in [1.29, 1.82) is 0 Å². The maximum Gasteiger partial charge on any atom is 0.391 e. The van der Waals surface area contributed by atoms with Gasteiger partial charge >= 0.3 is 6.18 Å². The number of hydrogen-bond acceptors (Lipinski definition) is 2. The Labute approximate surface area is 126 Å². The van der Waals surface area contributed by atoms with Crippen molar-refractivity contribution in [3.8, 4) is 0 Å². The second-order valence-electron chi connectivity index (χ2n) is 6.31. The van der Waals surface area contributed by atoms with Crippen molar-refractivity contribution in [2.75, 3.05) is 19.7 Å². The number of hydrogen-bond donors (Lipinski definition) is 1. The maximum absolute atomic E-state index is 12.3. The van der Waals surface area contributed by atoms with Crippen LogP contribution >= 0.6 is 0 Å². The lowest BCUT2D eigenvalue weighted by Crippen LogP contribution is -2.46. The molecule has 1 aliphatic carbocycles. The predicted octanol–water partition coefficient (Wildman–Crippen LogP) is 4.68. The molecule has 0 radical (unpaired) electrons. The molecular formula is C16H30F3NO. The van der Waals surface area contributed by atoms with Crippen LogP contribution in [-0.2, 0) is 4.74 Å². The van der Waals surface area contributed by atoms with Crippen LogP contribution in [0.4, 0.5) is 13.2 Å². The van der Waals surface area contributed by atoms with E-state index in [0.717, 1.165) is 44.6 Å². The molecule has 1 rings (SSSR count). The van der Waals surface area contributed by atoms with E-state index in [4.69, 9.17) is 4.74 Å². The molecule has 0 aromatic rings. The van der Waals surface area contributed by atoms with Crippen LogP contribution in [0.25, 0.3) is 0 Å². The van der Waals surface area contributed by atoms with E-state index in [1.54, 1.807) is 0 Å². The summed E-state index contributed by atoms with van der Waals surface area (Å²) in [5.41, 5.74) is -0.384. The van der Waals surface area contributed by atoms with Gasteiger partial charge in [0.25, 0.3) is 0 Å². The molecule has 1 N–H and O–H groups in total. The van der Waals surface area contributed by atoms with Crippen LogP contribution in [0.5, 0.6) is 0 Å². The topological polar surface area (TPSA) is 21.3 Å². The molecule has 0 aromatic heterocycles. The molecule has 1 fully saturated rings. The lowest BCUT2D eigenvalue weighted by atomic mass is 9.77. The van der Waals surface area contributed by atoms with Gasteiger partial charge in [-0.2, -0.15) is 13.2 Å². The maximum atomic E-state index is 12.3. The summed E-state index contributed by atoms with van der Waals surface area (Å²) in [5, 5.41) is 3.33. The first-order valence-electron chi connectivity index (χ1n) is 8.32. The van der Waals surface area contributed by atoms with Gasteiger partial charge in [-0.25, -0.2) is 0 Å². The van der Waals surface area contributed by atoms with E-state index in [1.165, 1.54) is 12.8 Å². The molecule has 0 aromatic carbocycles. The van der Waals surface area contributed by atoms with E-state index < -0.39 is 12.6 Å². The van der Waals surface area contributed by atoms with Gasteiger partial charge in [-0.3, -0.25) is 0 Å². The molecule has 0 aliphatic heterocycles. The Morgan fingerprint density at radius 3 is 2.33 bits per heavy atom. The number of rotatable bonds is 9. The first kappa shape index (κ1) is 18.8. The Kier molecular flexibility index (Phi) is 8.03. The van der Waals surface area contributed by atoms with Gasteiger partial charge in [0.15, 0.2) is 0 Å². The van der Waals surface area contributed by atoms with Gasteiger partial charge in [0.05, 0.1) is 18.6 Å². The third kappa shape index (κ3) is 7.50. The van der Waals surface area contributed by atoms with Crippen molar-refractivity contribution >= 4 is 0 Å². The summed E-state index contributed by atoms with van der Waals surface area (Å²) in [6.07, 6.45) is 2.37. The zero-order chi connectivity index (χ0) is 15.8. The van der Waals surface area contributed by atoms with E-state index in [0.29, 0.717) is 6.54 Å². The smallest absolute Gasteiger partial charge is 0.373 e. The summed E-state index contributed by atoms with van der Waals surface area (Å²) in [6.45, 7) is 5.63. The Morgan fingerprint density at radius 1 is 1.14 bits per heavy atom. The SMILES string of the molecule is CCCNCC1(OCCC(F)(F)F)CCC(CCC)CC1. The van der Waals surface area contributed by atoms with Crippen molar-refractivity contribution in [3.63, 3.8) is 0 Å². The molecule has 0 saturated heterocycles. The third-order valence-corrected chi connectivity index (χ3v) is 4.38. The molecule has 1 saturated carbocycles. The van der Waals surface area contributed by atoms with Crippen molar-refractivity contribution in [3.05, 3.63) is 0 Å². The van der Waals surface area contributed by atoms with Crippen LogP contribution in [0.3, 0.4) is 0 Å². The summed E-state index contributed by atoms with van der Waals surface area (Å²) in [6, 6.07) is 0. The highest BCUT2D eigenvalue weighted by atomic mass is 19.4. The lowest BCUT2D eigenvalue weighted by molar-refractivity contribution is -0.163. The summed E-state index contributed by atoms with van der Waals surface area (Å²) in [7, 11) is 0. The fourth-order valence-electron chi connectivity index (χ4n) is 3.15. The molecule has 0 spiro atoms. The number of halogens is 3. The minimum atomic E-state index is -4.13. The van der Waals surface area contributed by atoms with Crippen molar-refractivity contribution in [2.45, 2.75) is 77.0 Å². The highest BCUT2D eigenvalue weighted by Crippen LogP contribution is 2.37. The minimum absolute atomic E-state index is 0.213. The number of alkyl halides is 3. The molecule has 5 heteroatoms. The van der Waals surface area contributed by atoms with Crippen LogP contribution in [0.2, 0.25) is 0 Å². The Balaban J connectivity index is 2.47. The quantitative estimate of drug-likeness (QED) is 0.624. The van der Waals surface area contributed by atoms with Gasteiger partial charge in [0.1, 0.15) is 0 Å². The molecule has 0 heterocycles. The monoisotopic (exact) mass is 309 g/mol. The Bertz CT molecular complexity index is 273. The molecule has 0 amide bonds. The largest absolute Gasteiger partial charge is 0.391 e. The molecule has 0 bridgehead atoms. The van der Waals surface area contributed by atoms with E-state index in [2.05, 4.69) is 19.2 Å². The van der Waals surface area contributed by atoms with Crippen molar-refractivity contribution in [1.82, 2.24) is 5.32 Å². The molecule has 0 unspecified atom stereocenters. The van der Waals surface area contributed by atoms with Crippen LogP contribution in [0.15, 0.2) is 0 Å².